The molecule has 1 amide bonds. The third-order valence-electron chi connectivity index (χ3n) is 3.55. The monoisotopic (exact) mass is 284 g/mol. The second kappa shape index (κ2) is 6.65. The van der Waals surface area contributed by atoms with E-state index in [0.717, 1.165) is 19.3 Å². The van der Waals surface area contributed by atoms with Gasteiger partial charge in [-0.25, -0.2) is 0 Å². The number of carbonyl (C=O) groups excluding carboxylic acids is 1. The summed E-state index contributed by atoms with van der Waals surface area (Å²) in [5, 5.41) is 2.74. The van der Waals surface area contributed by atoms with Crippen LogP contribution in [0.15, 0.2) is 24.3 Å². The highest BCUT2D eigenvalue weighted by atomic mass is 19.3. The van der Waals surface area contributed by atoms with Crippen molar-refractivity contribution in [3.63, 3.8) is 0 Å². The third kappa shape index (κ3) is 3.66. The van der Waals surface area contributed by atoms with Crippen LogP contribution in [0.5, 0.6) is 5.75 Å². The van der Waals surface area contributed by atoms with E-state index in [4.69, 9.17) is 5.73 Å². The Kier molecular flexibility index (Phi) is 4.89. The molecule has 0 radical (unpaired) electrons. The maximum absolute atomic E-state index is 12.3. The van der Waals surface area contributed by atoms with E-state index in [9.17, 15) is 13.6 Å². The molecule has 1 aromatic rings. The smallest absolute Gasteiger partial charge is 0.387 e. The zero-order chi connectivity index (χ0) is 14.5. The van der Waals surface area contributed by atoms with Crippen LogP contribution in [0.1, 0.15) is 24.8 Å². The lowest BCUT2D eigenvalue weighted by Crippen LogP contribution is -2.38. The lowest BCUT2D eigenvalue weighted by atomic mass is 10.0. The number of hydrogen-bond acceptors (Lipinski definition) is 3. The molecule has 6 heteroatoms. The molecular weight excluding hydrogens is 266 g/mol. The second-order valence-electron chi connectivity index (χ2n) is 4.91. The van der Waals surface area contributed by atoms with Crippen LogP contribution in [0.25, 0.3) is 0 Å². The van der Waals surface area contributed by atoms with Crippen molar-refractivity contribution in [2.75, 3.05) is 0 Å². The molecule has 0 aromatic heterocycles. The number of nitrogens with one attached hydrogen (secondary N) is 1. The first-order valence-electron chi connectivity index (χ1n) is 6.64. The Hall–Kier alpha value is -1.69. The van der Waals surface area contributed by atoms with Crippen molar-refractivity contribution in [2.24, 2.45) is 11.7 Å². The number of hydrogen-bond donors (Lipinski definition) is 2. The summed E-state index contributed by atoms with van der Waals surface area (Å²) in [6.45, 7) is -2.72. The Labute approximate surface area is 116 Å². The molecule has 0 saturated heterocycles. The first kappa shape index (κ1) is 14.7. The van der Waals surface area contributed by atoms with Gasteiger partial charge in [0, 0.05) is 18.2 Å². The Morgan fingerprint density at radius 1 is 1.40 bits per heavy atom. The highest BCUT2D eigenvalue weighted by molar-refractivity contribution is 5.79. The summed E-state index contributed by atoms with van der Waals surface area (Å²) in [5.74, 6) is -0.224. The van der Waals surface area contributed by atoms with Gasteiger partial charge < -0.3 is 15.8 Å². The van der Waals surface area contributed by atoms with Crippen molar-refractivity contribution in [1.82, 2.24) is 5.32 Å². The van der Waals surface area contributed by atoms with E-state index < -0.39 is 6.61 Å². The van der Waals surface area contributed by atoms with E-state index in [1.54, 1.807) is 18.2 Å². The number of ether oxygens (including phenoxy) is 1. The van der Waals surface area contributed by atoms with Crippen LogP contribution in [0, 0.1) is 5.92 Å². The molecule has 2 rings (SSSR count). The summed E-state index contributed by atoms with van der Waals surface area (Å²) in [6, 6.07) is 6.31. The summed E-state index contributed by atoms with van der Waals surface area (Å²) >= 11 is 0. The maximum atomic E-state index is 12.3. The Balaban J connectivity index is 1.95. The number of rotatable bonds is 5. The minimum atomic E-state index is -2.88. The van der Waals surface area contributed by atoms with Crippen LogP contribution in [-0.2, 0) is 11.3 Å². The molecule has 0 heterocycles. The Morgan fingerprint density at radius 2 is 2.15 bits per heavy atom. The van der Waals surface area contributed by atoms with Gasteiger partial charge in [-0.1, -0.05) is 24.6 Å². The molecule has 2 unspecified atom stereocenters. The third-order valence-corrected chi connectivity index (χ3v) is 3.55. The van der Waals surface area contributed by atoms with E-state index in [2.05, 4.69) is 10.1 Å². The summed E-state index contributed by atoms with van der Waals surface area (Å²) in [4.78, 5) is 12.0. The van der Waals surface area contributed by atoms with Gasteiger partial charge in [0.2, 0.25) is 5.91 Å². The summed E-state index contributed by atoms with van der Waals surface area (Å²) < 4.78 is 29.0. The molecule has 2 atom stereocenters. The molecule has 3 N–H and O–H groups in total. The van der Waals surface area contributed by atoms with Crippen molar-refractivity contribution in [2.45, 2.75) is 38.5 Å². The van der Waals surface area contributed by atoms with Crippen LogP contribution in [0.2, 0.25) is 0 Å². The minimum Gasteiger partial charge on any atom is -0.434 e. The first-order chi connectivity index (χ1) is 9.58. The van der Waals surface area contributed by atoms with Crippen molar-refractivity contribution in [1.29, 1.82) is 0 Å². The number of para-hydroxylation sites is 1. The van der Waals surface area contributed by atoms with Crippen LogP contribution < -0.4 is 15.8 Å². The number of halogens is 2. The number of benzene rings is 1. The molecule has 1 aliphatic carbocycles. The van der Waals surface area contributed by atoms with Crippen LogP contribution >= 0.6 is 0 Å². The minimum absolute atomic E-state index is 0.0820. The van der Waals surface area contributed by atoms with Gasteiger partial charge >= 0.3 is 6.61 Å². The lowest BCUT2D eigenvalue weighted by molar-refractivity contribution is -0.125. The van der Waals surface area contributed by atoms with E-state index in [1.807, 2.05) is 0 Å². The maximum Gasteiger partial charge on any atom is 0.387 e. The molecule has 0 bridgehead atoms. The Morgan fingerprint density at radius 3 is 2.80 bits per heavy atom. The molecular formula is C14H18F2N2O2. The highest BCUT2D eigenvalue weighted by Gasteiger charge is 2.30. The average molecular weight is 284 g/mol. The van der Waals surface area contributed by atoms with E-state index in [1.165, 1.54) is 6.07 Å². The van der Waals surface area contributed by atoms with E-state index in [-0.39, 0.29) is 30.2 Å². The SMILES string of the molecule is NC1CCCC1C(=O)NCc1ccccc1OC(F)F. The summed E-state index contributed by atoms with van der Waals surface area (Å²) in [6.07, 6.45) is 2.58. The normalized spacial score (nSPS) is 22.0. The highest BCUT2D eigenvalue weighted by Crippen LogP contribution is 2.25. The largest absolute Gasteiger partial charge is 0.434 e. The standard InChI is InChI=1S/C14H18F2N2O2/c15-14(16)20-12-7-2-1-4-9(12)8-18-13(19)10-5-3-6-11(10)17/h1-2,4,7,10-11,14H,3,5-6,8,17H2,(H,18,19). The lowest BCUT2D eigenvalue weighted by Gasteiger charge is -2.16. The van der Waals surface area contributed by atoms with Gasteiger partial charge in [-0.2, -0.15) is 8.78 Å². The van der Waals surface area contributed by atoms with Crippen molar-refractivity contribution < 1.29 is 18.3 Å². The Bertz CT molecular complexity index is 468. The predicted octanol–water partition coefficient (Wildman–Crippen LogP) is 2.03. The summed E-state index contributed by atoms with van der Waals surface area (Å²) in [7, 11) is 0. The molecule has 1 aliphatic rings. The van der Waals surface area contributed by atoms with Crippen molar-refractivity contribution in [3.05, 3.63) is 29.8 Å². The van der Waals surface area contributed by atoms with Gasteiger partial charge in [-0.15, -0.1) is 0 Å². The van der Waals surface area contributed by atoms with Gasteiger partial charge in [0.25, 0.3) is 0 Å². The van der Waals surface area contributed by atoms with Gasteiger partial charge in [0.1, 0.15) is 5.75 Å². The molecule has 110 valence electrons. The fourth-order valence-electron chi connectivity index (χ4n) is 2.49. The fraction of sp³-hybridized carbons (Fsp3) is 0.500. The van der Waals surface area contributed by atoms with Crippen LogP contribution in [0.3, 0.4) is 0 Å². The van der Waals surface area contributed by atoms with Gasteiger partial charge in [0.05, 0.1) is 5.92 Å². The quantitative estimate of drug-likeness (QED) is 0.869. The molecule has 1 fully saturated rings. The molecule has 20 heavy (non-hydrogen) atoms. The molecule has 4 nitrogen and oxygen atoms in total. The second-order valence-corrected chi connectivity index (χ2v) is 4.91. The van der Waals surface area contributed by atoms with Crippen LogP contribution in [0.4, 0.5) is 8.78 Å². The van der Waals surface area contributed by atoms with E-state index in [0.29, 0.717) is 5.56 Å². The zero-order valence-electron chi connectivity index (χ0n) is 11.0. The summed E-state index contributed by atoms with van der Waals surface area (Å²) in [5.41, 5.74) is 6.38. The predicted molar refractivity (Wildman–Crippen MR) is 70.2 cm³/mol. The van der Waals surface area contributed by atoms with Crippen molar-refractivity contribution in [3.8, 4) is 5.75 Å². The molecule has 0 aliphatic heterocycles. The zero-order valence-corrected chi connectivity index (χ0v) is 11.0. The van der Waals surface area contributed by atoms with Gasteiger partial charge in [0.15, 0.2) is 0 Å². The molecule has 1 aromatic carbocycles. The van der Waals surface area contributed by atoms with Gasteiger partial charge in [-0.3, -0.25) is 4.79 Å². The van der Waals surface area contributed by atoms with Gasteiger partial charge in [-0.05, 0) is 18.9 Å². The topological polar surface area (TPSA) is 64.4 Å². The molecule has 1 saturated carbocycles. The van der Waals surface area contributed by atoms with E-state index >= 15 is 0 Å². The van der Waals surface area contributed by atoms with Crippen LogP contribution in [-0.4, -0.2) is 18.6 Å². The number of carbonyl (C=O) groups is 1. The first-order valence-corrected chi connectivity index (χ1v) is 6.64. The average Bonchev–Trinajstić information content (AvgIpc) is 2.83. The number of nitrogens with two attached hydrogens (primary N) is 1. The molecule has 0 spiro atoms. The fourth-order valence-corrected chi connectivity index (χ4v) is 2.49. The number of amides is 1. The van der Waals surface area contributed by atoms with Crippen molar-refractivity contribution >= 4 is 5.91 Å². The number of alkyl halides is 2.